The molecule has 0 amide bonds. The first-order valence-electron chi connectivity index (χ1n) is 13.2. The van der Waals surface area contributed by atoms with E-state index >= 15 is 0 Å². The maximum atomic E-state index is 11.1. The van der Waals surface area contributed by atoms with Crippen molar-refractivity contribution in [2.45, 2.75) is 78.2 Å². The van der Waals surface area contributed by atoms with Crippen LogP contribution in [-0.2, 0) is 9.53 Å². The summed E-state index contributed by atoms with van der Waals surface area (Å²) in [5.41, 5.74) is 5.59. The van der Waals surface area contributed by atoms with E-state index < -0.39 is 0 Å². The molecule has 0 radical (unpaired) electrons. The lowest BCUT2D eigenvalue weighted by Gasteiger charge is -2.40. The zero-order chi connectivity index (χ0) is 24.4. The van der Waals surface area contributed by atoms with Crippen molar-refractivity contribution in [3.8, 4) is 0 Å². The third-order valence-corrected chi connectivity index (χ3v) is 7.09. The van der Waals surface area contributed by atoms with Crippen LogP contribution in [0.25, 0.3) is 0 Å². The summed E-state index contributed by atoms with van der Waals surface area (Å²) in [5, 5.41) is 0. The van der Waals surface area contributed by atoms with Crippen LogP contribution < -0.4 is 9.80 Å². The van der Waals surface area contributed by atoms with Crippen molar-refractivity contribution in [3.63, 3.8) is 0 Å². The van der Waals surface area contributed by atoms with Gasteiger partial charge < -0.3 is 14.5 Å². The minimum atomic E-state index is 0.235. The zero-order valence-corrected chi connectivity index (χ0v) is 21.8. The molecule has 3 aliphatic rings. The predicted octanol–water partition coefficient (Wildman–Crippen LogP) is 6.73. The summed E-state index contributed by atoms with van der Waals surface area (Å²) in [6.45, 7) is 13.6. The second-order valence-electron chi connectivity index (χ2n) is 9.93. The van der Waals surface area contributed by atoms with Crippen molar-refractivity contribution in [1.29, 1.82) is 0 Å². The fourth-order valence-electron chi connectivity index (χ4n) is 5.14. The van der Waals surface area contributed by atoms with E-state index in [0.717, 1.165) is 32.8 Å². The molecule has 186 valence electrons. The van der Waals surface area contributed by atoms with E-state index in [1.807, 2.05) is 6.07 Å². The maximum Gasteiger partial charge on any atom is 0.136 e. The molecule has 0 saturated carbocycles. The standard InChI is InChI=1S/C15H21NO.C12H15NO.C3H8/c1-13-5-2-3-6-14(13)16-10-8-15(9-11-16)7-4-12-17-15;1-10-4-2-3-5-12(10)13-8-6-11(14)7-9-13;1-3-2/h2-3,5-6H,4,7-12H2,1H3;2-5H,6-9H2,1H3;3H2,1-2H3. The van der Waals surface area contributed by atoms with Gasteiger partial charge in [-0.05, 0) is 62.8 Å². The summed E-state index contributed by atoms with van der Waals surface area (Å²) in [6.07, 6.45) is 7.57. The number of hydrogen-bond acceptors (Lipinski definition) is 4. The van der Waals surface area contributed by atoms with E-state index in [2.05, 4.69) is 80.0 Å². The second-order valence-corrected chi connectivity index (χ2v) is 9.93. The molecule has 3 saturated heterocycles. The van der Waals surface area contributed by atoms with Crippen molar-refractivity contribution in [2.75, 3.05) is 42.6 Å². The first kappa shape index (κ1) is 26.3. The Labute approximate surface area is 207 Å². The Morgan fingerprint density at radius 1 is 0.765 bits per heavy atom. The van der Waals surface area contributed by atoms with Gasteiger partial charge >= 0.3 is 0 Å². The summed E-state index contributed by atoms with van der Waals surface area (Å²) in [7, 11) is 0. The topological polar surface area (TPSA) is 32.8 Å². The maximum absolute atomic E-state index is 11.1. The van der Waals surface area contributed by atoms with Crippen LogP contribution in [0.4, 0.5) is 11.4 Å². The summed E-state index contributed by atoms with van der Waals surface area (Å²) in [4.78, 5) is 15.9. The van der Waals surface area contributed by atoms with Crippen molar-refractivity contribution >= 4 is 17.2 Å². The largest absolute Gasteiger partial charge is 0.375 e. The van der Waals surface area contributed by atoms with Gasteiger partial charge in [0.25, 0.3) is 0 Å². The molecule has 0 aromatic heterocycles. The van der Waals surface area contributed by atoms with Gasteiger partial charge in [0.15, 0.2) is 0 Å². The highest BCUT2D eigenvalue weighted by Gasteiger charge is 2.38. The first-order chi connectivity index (χ1) is 16.5. The van der Waals surface area contributed by atoms with Gasteiger partial charge in [-0.3, -0.25) is 4.79 Å². The van der Waals surface area contributed by atoms with Crippen LogP contribution in [0.15, 0.2) is 48.5 Å². The van der Waals surface area contributed by atoms with Crippen molar-refractivity contribution < 1.29 is 9.53 Å². The number of nitrogens with zero attached hydrogens (tertiary/aromatic N) is 2. The number of rotatable bonds is 2. The highest BCUT2D eigenvalue weighted by Crippen LogP contribution is 2.37. The Morgan fingerprint density at radius 3 is 1.68 bits per heavy atom. The number of carbonyl (C=O) groups is 1. The normalized spacial score (nSPS) is 19.2. The molecule has 2 aromatic carbocycles. The second kappa shape index (κ2) is 12.9. The van der Waals surface area contributed by atoms with Crippen LogP contribution in [0.2, 0.25) is 0 Å². The van der Waals surface area contributed by atoms with Crippen LogP contribution >= 0.6 is 0 Å². The number of ketones is 1. The molecular weight excluding hydrogens is 420 g/mol. The van der Waals surface area contributed by atoms with Crippen LogP contribution in [0.1, 0.15) is 69.9 Å². The lowest BCUT2D eigenvalue weighted by molar-refractivity contribution is -0.119. The summed E-state index contributed by atoms with van der Waals surface area (Å²) in [6, 6.07) is 17.0. The van der Waals surface area contributed by atoms with Crippen LogP contribution in [0, 0.1) is 13.8 Å². The van der Waals surface area contributed by atoms with E-state index in [-0.39, 0.29) is 5.60 Å². The molecule has 0 atom stereocenters. The molecule has 34 heavy (non-hydrogen) atoms. The Bertz CT molecular complexity index is 884. The highest BCUT2D eigenvalue weighted by molar-refractivity contribution is 5.81. The van der Waals surface area contributed by atoms with Gasteiger partial charge in [-0.25, -0.2) is 0 Å². The number of hydrogen-bond donors (Lipinski definition) is 0. The molecule has 4 nitrogen and oxygen atoms in total. The van der Waals surface area contributed by atoms with Crippen LogP contribution in [0.3, 0.4) is 0 Å². The fraction of sp³-hybridized carbons (Fsp3) is 0.567. The quantitative estimate of drug-likeness (QED) is 0.494. The molecule has 0 unspecified atom stereocenters. The van der Waals surface area contributed by atoms with E-state index in [0.29, 0.717) is 18.6 Å². The molecule has 5 rings (SSSR count). The molecule has 3 fully saturated rings. The minimum Gasteiger partial charge on any atom is -0.375 e. The predicted molar refractivity (Wildman–Crippen MR) is 144 cm³/mol. The highest BCUT2D eigenvalue weighted by atomic mass is 16.5. The lowest BCUT2D eigenvalue weighted by Crippen LogP contribution is -2.44. The van der Waals surface area contributed by atoms with E-state index in [4.69, 9.17) is 4.74 Å². The van der Waals surface area contributed by atoms with Gasteiger partial charge in [0.2, 0.25) is 0 Å². The first-order valence-corrected chi connectivity index (χ1v) is 13.2. The molecular formula is C30H44N2O2. The third kappa shape index (κ3) is 7.09. The molecule has 0 bridgehead atoms. The number of carbonyl (C=O) groups excluding carboxylic acids is 1. The Kier molecular flexibility index (Phi) is 10.0. The summed E-state index contributed by atoms with van der Waals surface area (Å²) < 4.78 is 5.97. The van der Waals surface area contributed by atoms with Gasteiger partial charge in [-0.2, -0.15) is 0 Å². The Morgan fingerprint density at radius 2 is 1.24 bits per heavy atom. The molecule has 3 aliphatic heterocycles. The van der Waals surface area contributed by atoms with E-state index in [1.165, 1.54) is 54.6 Å². The number of benzene rings is 2. The number of aryl methyl sites for hydroxylation is 2. The van der Waals surface area contributed by atoms with Crippen molar-refractivity contribution in [3.05, 3.63) is 59.7 Å². The van der Waals surface area contributed by atoms with Crippen molar-refractivity contribution in [2.24, 2.45) is 0 Å². The molecule has 4 heteroatoms. The smallest absolute Gasteiger partial charge is 0.136 e. The summed E-state index contributed by atoms with van der Waals surface area (Å²) >= 11 is 0. The number of piperidine rings is 2. The number of ether oxygens (including phenoxy) is 1. The lowest BCUT2D eigenvalue weighted by atomic mass is 9.88. The molecule has 1 spiro atoms. The molecule has 0 N–H and O–H groups in total. The molecule has 3 heterocycles. The average Bonchev–Trinajstić information content (AvgIpc) is 3.30. The number of para-hydroxylation sites is 2. The monoisotopic (exact) mass is 464 g/mol. The van der Waals surface area contributed by atoms with Gasteiger partial charge in [0.05, 0.1) is 5.60 Å². The number of anilines is 2. The fourth-order valence-corrected chi connectivity index (χ4v) is 5.14. The average molecular weight is 465 g/mol. The molecule has 0 aliphatic carbocycles. The van der Waals surface area contributed by atoms with Crippen LogP contribution in [-0.4, -0.2) is 44.2 Å². The Balaban J connectivity index is 0.000000174. The van der Waals surface area contributed by atoms with Crippen LogP contribution in [0.5, 0.6) is 0 Å². The van der Waals surface area contributed by atoms with Gasteiger partial charge in [0.1, 0.15) is 5.78 Å². The van der Waals surface area contributed by atoms with E-state index in [9.17, 15) is 4.79 Å². The zero-order valence-electron chi connectivity index (χ0n) is 21.8. The van der Waals surface area contributed by atoms with E-state index in [1.54, 1.807) is 0 Å². The Hall–Kier alpha value is -2.33. The molecule has 2 aromatic rings. The SMILES string of the molecule is CCC.Cc1ccccc1N1CCC(=O)CC1.Cc1ccccc1N1CCC2(CCCO2)CC1. The third-order valence-electron chi connectivity index (χ3n) is 7.09. The minimum absolute atomic E-state index is 0.235. The van der Waals surface area contributed by atoms with Gasteiger partial charge in [0, 0.05) is 57.0 Å². The number of Topliss-reactive ketones (excluding diaryl/α,β-unsaturated/α-hetero) is 1. The van der Waals surface area contributed by atoms with Gasteiger partial charge in [-0.15, -0.1) is 0 Å². The van der Waals surface area contributed by atoms with Gasteiger partial charge in [-0.1, -0.05) is 56.7 Å². The summed E-state index contributed by atoms with van der Waals surface area (Å²) in [5.74, 6) is 0.398. The van der Waals surface area contributed by atoms with Crippen molar-refractivity contribution in [1.82, 2.24) is 0 Å².